The van der Waals surface area contributed by atoms with Gasteiger partial charge in [-0.15, -0.1) is 0 Å². The molecule has 6 nitrogen and oxygen atoms in total. The predicted molar refractivity (Wildman–Crippen MR) is 105 cm³/mol. The summed E-state index contributed by atoms with van der Waals surface area (Å²) in [6.45, 7) is 4.43. The first-order valence-electron chi connectivity index (χ1n) is 8.76. The molecule has 1 aliphatic heterocycles. The van der Waals surface area contributed by atoms with Gasteiger partial charge in [-0.05, 0) is 61.2 Å². The van der Waals surface area contributed by atoms with Crippen LogP contribution in [-0.2, 0) is 21.2 Å². The highest BCUT2D eigenvalue weighted by atomic mass is 32.2. The number of aryl methyl sites for hydroxylation is 1. The molecule has 1 amide bonds. The van der Waals surface area contributed by atoms with E-state index in [1.54, 1.807) is 23.1 Å². The number of hydrogen-bond acceptors (Lipinski definition) is 4. The minimum atomic E-state index is -3.49. The Morgan fingerprint density at radius 1 is 1.19 bits per heavy atom. The molecular weight excluding hydrogens is 364 g/mol. The van der Waals surface area contributed by atoms with Gasteiger partial charge in [-0.1, -0.05) is 12.1 Å². The van der Waals surface area contributed by atoms with Crippen LogP contribution in [0.5, 0.6) is 5.75 Å². The van der Waals surface area contributed by atoms with Gasteiger partial charge >= 0.3 is 0 Å². The lowest BCUT2D eigenvalue weighted by molar-refractivity contribution is -0.120. The zero-order valence-electron chi connectivity index (χ0n) is 16.0. The summed E-state index contributed by atoms with van der Waals surface area (Å²) in [6.07, 6.45) is 0.626. The van der Waals surface area contributed by atoms with E-state index in [0.29, 0.717) is 18.7 Å². The molecule has 0 aromatic heterocycles. The first-order chi connectivity index (χ1) is 12.7. The molecule has 144 valence electrons. The summed E-state index contributed by atoms with van der Waals surface area (Å²) in [4.78, 5) is 14.5. The Labute approximate surface area is 160 Å². The fourth-order valence-electron chi connectivity index (χ4n) is 3.11. The monoisotopic (exact) mass is 388 g/mol. The summed E-state index contributed by atoms with van der Waals surface area (Å²) in [5.74, 6) is 0.563. The van der Waals surface area contributed by atoms with Crippen LogP contribution in [0.2, 0.25) is 0 Å². The number of fused-ring (bicyclic) bond motifs is 1. The second kappa shape index (κ2) is 7.32. The first kappa shape index (κ1) is 19.4. The summed E-state index contributed by atoms with van der Waals surface area (Å²) in [7, 11) is -0.480. The van der Waals surface area contributed by atoms with Gasteiger partial charge in [0.2, 0.25) is 10.0 Å². The third kappa shape index (κ3) is 3.70. The number of rotatable bonds is 5. The maximum Gasteiger partial charge on any atom is 0.264 e. The average molecular weight is 388 g/mol. The largest absolute Gasteiger partial charge is 0.483 e. The molecule has 0 radical (unpaired) electrons. The van der Waals surface area contributed by atoms with Crippen molar-refractivity contribution in [3.05, 3.63) is 53.1 Å². The van der Waals surface area contributed by atoms with Crippen LogP contribution in [0.4, 0.5) is 5.69 Å². The van der Waals surface area contributed by atoms with Crippen LogP contribution in [0.25, 0.3) is 0 Å². The van der Waals surface area contributed by atoms with Crippen LogP contribution in [-0.4, -0.2) is 45.9 Å². The molecule has 2 aromatic rings. The van der Waals surface area contributed by atoms with E-state index in [4.69, 9.17) is 4.74 Å². The maximum absolute atomic E-state index is 12.6. The third-order valence-corrected chi connectivity index (χ3v) is 6.74. The molecule has 3 rings (SSSR count). The Bertz CT molecular complexity index is 983. The molecule has 0 spiro atoms. The van der Waals surface area contributed by atoms with E-state index in [9.17, 15) is 13.2 Å². The van der Waals surface area contributed by atoms with Gasteiger partial charge in [0.1, 0.15) is 5.75 Å². The normalized spacial score (nSPS) is 13.7. The molecule has 1 heterocycles. The molecule has 1 aliphatic rings. The van der Waals surface area contributed by atoms with Crippen molar-refractivity contribution in [1.82, 2.24) is 4.31 Å². The smallest absolute Gasteiger partial charge is 0.264 e. The van der Waals surface area contributed by atoms with Crippen molar-refractivity contribution in [1.29, 1.82) is 0 Å². The Kier molecular flexibility index (Phi) is 5.26. The van der Waals surface area contributed by atoms with E-state index in [1.807, 2.05) is 32.0 Å². The zero-order valence-corrected chi connectivity index (χ0v) is 16.8. The predicted octanol–water partition coefficient (Wildman–Crippen LogP) is 2.52. The average Bonchev–Trinajstić information content (AvgIpc) is 3.05. The van der Waals surface area contributed by atoms with Crippen molar-refractivity contribution < 1.29 is 17.9 Å². The molecule has 7 heteroatoms. The number of amides is 1. The van der Waals surface area contributed by atoms with Crippen LogP contribution in [0.15, 0.2) is 41.3 Å². The molecular formula is C20H24N2O4S. The van der Waals surface area contributed by atoms with Gasteiger partial charge in [0, 0.05) is 26.3 Å². The van der Waals surface area contributed by atoms with Gasteiger partial charge in [0.15, 0.2) is 6.61 Å². The topological polar surface area (TPSA) is 66.9 Å². The van der Waals surface area contributed by atoms with Crippen LogP contribution in [0, 0.1) is 13.8 Å². The number of sulfonamides is 1. The fraction of sp³-hybridized carbons (Fsp3) is 0.350. The Hall–Kier alpha value is -2.38. The minimum Gasteiger partial charge on any atom is -0.483 e. The van der Waals surface area contributed by atoms with E-state index in [1.165, 1.54) is 18.4 Å². The van der Waals surface area contributed by atoms with Crippen molar-refractivity contribution >= 4 is 21.6 Å². The Morgan fingerprint density at radius 3 is 2.63 bits per heavy atom. The van der Waals surface area contributed by atoms with Gasteiger partial charge in [-0.2, -0.15) is 0 Å². The first-order valence-corrected chi connectivity index (χ1v) is 10.2. The number of carbonyl (C=O) groups excluding carboxylic acids is 1. The van der Waals surface area contributed by atoms with E-state index in [-0.39, 0.29) is 17.4 Å². The lowest BCUT2D eigenvalue weighted by Crippen LogP contribution is -2.33. The number of benzene rings is 2. The van der Waals surface area contributed by atoms with Crippen molar-refractivity contribution in [3.8, 4) is 5.75 Å². The highest BCUT2D eigenvalue weighted by molar-refractivity contribution is 7.89. The van der Waals surface area contributed by atoms with Crippen LogP contribution < -0.4 is 9.64 Å². The van der Waals surface area contributed by atoms with Gasteiger partial charge in [-0.25, -0.2) is 12.7 Å². The lowest BCUT2D eigenvalue weighted by Gasteiger charge is -2.19. The highest BCUT2D eigenvalue weighted by Gasteiger charge is 2.27. The molecule has 27 heavy (non-hydrogen) atoms. The fourth-order valence-corrected chi connectivity index (χ4v) is 4.06. The summed E-state index contributed by atoms with van der Waals surface area (Å²) < 4.78 is 31.5. The maximum atomic E-state index is 12.6. The van der Waals surface area contributed by atoms with Crippen LogP contribution >= 0.6 is 0 Å². The van der Waals surface area contributed by atoms with E-state index in [0.717, 1.165) is 22.4 Å². The third-order valence-electron chi connectivity index (χ3n) is 4.93. The summed E-state index contributed by atoms with van der Waals surface area (Å²) in [6, 6.07) is 10.7. The van der Waals surface area contributed by atoms with E-state index < -0.39 is 10.0 Å². The lowest BCUT2D eigenvalue weighted by atomic mass is 10.1. The quantitative estimate of drug-likeness (QED) is 0.789. The Morgan fingerprint density at radius 2 is 1.93 bits per heavy atom. The Balaban J connectivity index is 1.75. The minimum absolute atomic E-state index is 0.0541. The molecule has 0 unspecified atom stereocenters. The molecule has 0 saturated carbocycles. The van der Waals surface area contributed by atoms with E-state index in [2.05, 4.69) is 0 Å². The van der Waals surface area contributed by atoms with Crippen LogP contribution in [0.3, 0.4) is 0 Å². The van der Waals surface area contributed by atoms with Crippen molar-refractivity contribution in [2.24, 2.45) is 0 Å². The molecule has 2 aromatic carbocycles. The van der Waals surface area contributed by atoms with E-state index >= 15 is 0 Å². The van der Waals surface area contributed by atoms with Gasteiger partial charge in [0.25, 0.3) is 5.91 Å². The van der Waals surface area contributed by atoms with Crippen molar-refractivity contribution in [2.75, 3.05) is 32.1 Å². The number of ether oxygens (including phenoxy) is 1. The zero-order chi connectivity index (χ0) is 19.8. The molecule has 0 bridgehead atoms. The SMILES string of the molecule is Cc1cccc(OCC(=O)N2CCc3cc(S(=O)(=O)N(C)C)ccc32)c1C. The summed E-state index contributed by atoms with van der Waals surface area (Å²) in [5.41, 5.74) is 3.74. The standard InChI is InChI=1S/C20H24N2O4S/c1-14-6-5-7-19(15(14)2)26-13-20(23)22-11-10-16-12-17(8-9-18(16)22)27(24,25)21(3)4/h5-9,12H,10-11,13H2,1-4H3. The molecule has 0 N–H and O–H groups in total. The molecule has 0 aliphatic carbocycles. The van der Waals surface area contributed by atoms with Crippen LogP contribution in [0.1, 0.15) is 16.7 Å². The number of anilines is 1. The summed E-state index contributed by atoms with van der Waals surface area (Å²) in [5, 5.41) is 0. The summed E-state index contributed by atoms with van der Waals surface area (Å²) >= 11 is 0. The van der Waals surface area contributed by atoms with Crippen molar-refractivity contribution in [3.63, 3.8) is 0 Å². The van der Waals surface area contributed by atoms with Gasteiger partial charge in [0.05, 0.1) is 4.90 Å². The molecule has 0 fully saturated rings. The second-order valence-corrected chi connectivity index (χ2v) is 9.01. The van der Waals surface area contributed by atoms with Crippen molar-refractivity contribution in [2.45, 2.75) is 25.2 Å². The number of hydrogen-bond donors (Lipinski definition) is 0. The number of carbonyl (C=O) groups is 1. The highest BCUT2D eigenvalue weighted by Crippen LogP contribution is 2.31. The van der Waals surface area contributed by atoms with Gasteiger partial charge < -0.3 is 9.64 Å². The van der Waals surface area contributed by atoms with Gasteiger partial charge in [-0.3, -0.25) is 4.79 Å². The molecule has 0 atom stereocenters. The molecule has 0 saturated heterocycles. The second-order valence-electron chi connectivity index (χ2n) is 6.86. The number of nitrogens with zero attached hydrogens (tertiary/aromatic N) is 2.